The Morgan fingerprint density at radius 2 is 1.88 bits per heavy atom. The molecule has 1 aromatic carbocycles. The SMILES string of the molecule is CC[C@@H](C(=O)OC)[C@H](O)c1ccc(OC)cc1. The van der Waals surface area contributed by atoms with Gasteiger partial charge in [-0.25, -0.2) is 0 Å². The second kappa shape index (κ2) is 6.25. The van der Waals surface area contributed by atoms with Gasteiger partial charge in [-0.2, -0.15) is 0 Å². The van der Waals surface area contributed by atoms with E-state index in [1.54, 1.807) is 31.4 Å². The third-order valence-electron chi connectivity index (χ3n) is 2.78. The number of carbonyl (C=O) groups is 1. The largest absolute Gasteiger partial charge is 0.497 e. The fraction of sp³-hybridized carbons (Fsp3) is 0.462. The first-order chi connectivity index (χ1) is 8.13. The molecule has 94 valence electrons. The van der Waals surface area contributed by atoms with Crippen molar-refractivity contribution < 1.29 is 19.4 Å². The highest BCUT2D eigenvalue weighted by Gasteiger charge is 2.27. The van der Waals surface area contributed by atoms with Crippen LogP contribution in [0.25, 0.3) is 0 Å². The number of esters is 1. The maximum Gasteiger partial charge on any atom is 0.311 e. The molecule has 2 atom stereocenters. The van der Waals surface area contributed by atoms with Crippen LogP contribution in [0.3, 0.4) is 0 Å². The van der Waals surface area contributed by atoms with Crippen LogP contribution in [0.5, 0.6) is 5.75 Å². The quantitative estimate of drug-likeness (QED) is 0.796. The van der Waals surface area contributed by atoms with Gasteiger partial charge in [0, 0.05) is 0 Å². The first-order valence-electron chi connectivity index (χ1n) is 5.53. The van der Waals surface area contributed by atoms with Gasteiger partial charge in [0.05, 0.1) is 26.2 Å². The zero-order valence-corrected chi connectivity index (χ0v) is 10.3. The molecule has 0 bridgehead atoms. The summed E-state index contributed by atoms with van der Waals surface area (Å²) in [7, 11) is 2.90. The van der Waals surface area contributed by atoms with Crippen LogP contribution in [0.15, 0.2) is 24.3 Å². The molecule has 0 aliphatic rings. The summed E-state index contributed by atoms with van der Waals surface area (Å²) in [5.41, 5.74) is 0.683. The van der Waals surface area contributed by atoms with Gasteiger partial charge in [0.15, 0.2) is 0 Å². The summed E-state index contributed by atoms with van der Waals surface area (Å²) in [6.07, 6.45) is -0.321. The molecule has 0 aliphatic heterocycles. The van der Waals surface area contributed by atoms with E-state index in [1.807, 2.05) is 6.92 Å². The summed E-state index contributed by atoms with van der Waals surface area (Å²) in [6.45, 7) is 1.84. The van der Waals surface area contributed by atoms with Crippen LogP contribution < -0.4 is 4.74 Å². The average molecular weight is 238 g/mol. The predicted octanol–water partition coefficient (Wildman–Crippen LogP) is 1.93. The molecule has 0 aromatic heterocycles. The summed E-state index contributed by atoms with van der Waals surface area (Å²) in [5, 5.41) is 10.1. The lowest BCUT2D eigenvalue weighted by atomic mass is 9.93. The standard InChI is InChI=1S/C13H18O4/c1-4-11(13(15)17-3)12(14)9-5-7-10(16-2)8-6-9/h5-8,11-12,14H,4H2,1-3H3/t11-,12-/m1/s1. The zero-order valence-electron chi connectivity index (χ0n) is 10.3. The molecule has 4 nitrogen and oxygen atoms in total. The molecule has 4 heteroatoms. The van der Waals surface area contributed by atoms with Gasteiger partial charge in [0.1, 0.15) is 5.75 Å². The number of hydrogen-bond donors (Lipinski definition) is 1. The van der Waals surface area contributed by atoms with Gasteiger partial charge in [0.25, 0.3) is 0 Å². The van der Waals surface area contributed by atoms with E-state index in [2.05, 4.69) is 4.74 Å². The molecule has 0 fully saturated rings. The third-order valence-corrected chi connectivity index (χ3v) is 2.78. The fourth-order valence-corrected chi connectivity index (χ4v) is 1.70. The molecular formula is C13H18O4. The van der Waals surface area contributed by atoms with Gasteiger partial charge >= 0.3 is 5.97 Å². The molecule has 0 aliphatic carbocycles. The first kappa shape index (κ1) is 13.5. The van der Waals surface area contributed by atoms with Crippen LogP contribution in [0.2, 0.25) is 0 Å². The van der Waals surface area contributed by atoms with E-state index in [4.69, 9.17) is 4.74 Å². The Bertz CT molecular complexity index is 358. The topological polar surface area (TPSA) is 55.8 Å². The minimum absolute atomic E-state index is 0.393. The summed E-state index contributed by atoms with van der Waals surface area (Å²) in [6, 6.07) is 7.00. The lowest BCUT2D eigenvalue weighted by molar-refractivity contribution is -0.149. The molecule has 1 N–H and O–H groups in total. The van der Waals surface area contributed by atoms with Crippen molar-refractivity contribution in [3.05, 3.63) is 29.8 Å². The Balaban J connectivity index is 2.85. The summed E-state index contributed by atoms with van der Waals surface area (Å²) in [4.78, 5) is 11.5. The van der Waals surface area contributed by atoms with Crippen LogP contribution >= 0.6 is 0 Å². The van der Waals surface area contributed by atoms with Crippen molar-refractivity contribution in [3.63, 3.8) is 0 Å². The number of rotatable bonds is 5. The maximum atomic E-state index is 11.5. The monoisotopic (exact) mass is 238 g/mol. The van der Waals surface area contributed by atoms with Crippen LogP contribution in [0.4, 0.5) is 0 Å². The molecular weight excluding hydrogens is 220 g/mol. The molecule has 0 radical (unpaired) electrons. The minimum atomic E-state index is -0.849. The number of aliphatic hydroxyl groups excluding tert-OH is 1. The normalized spacial score (nSPS) is 13.9. The van der Waals surface area contributed by atoms with Crippen LogP contribution in [0.1, 0.15) is 25.0 Å². The number of benzene rings is 1. The smallest absolute Gasteiger partial charge is 0.311 e. The molecule has 0 saturated heterocycles. The van der Waals surface area contributed by atoms with Gasteiger partial charge in [0.2, 0.25) is 0 Å². The Kier molecular flexibility index (Phi) is 4.97. The number of carbonyl (C=O) groups excluding carboxylic acids is 1. The maximum absolute atomic E-state index is 11.5. The highest BCUT2D eigenvalue weighted by molar-refractivity contribution is 5.73. The van der Waals surface area contributed by atoms with Gasteiger partial charge in [-0.15, -0.1) is 0 Å². The van der Waals surface area contributed by atoms with Gasteiger partial charge in [-0.1, -0.05) is 19.1 Å². The summed E-state index contributed by atoms with van der Waals surface area (Å²) in [5.74, 6) is -0.212. The number of ether oxygens (including phenoxy) is 2. The molecule has 1 rings (SSSR count). The van der Waals surface area contributed by atoms with Crippen molar-refractivity contribution in [2.45, 2.75) is 19.4 Å². The van der Waals surface area contributed by atoms with Crippen LogP contribution in [-0.4, -0.2) is 25.3 Å². The van der Waals surface area contributed by atoms with Gasteiger partial charge in [-0.3, -0.25) is 4.79 Å². The molecule has 0 saturated carbocycles. The van der Waals surface area contributed by atoms with Crippen molar-refractivity contribution in [1.82, 2.24) is 0 Å². The van der Waals surface area contributed by atoms with E-state index >= 15 is 0 Å². The summed E-state index contributed by atoms with van der Waals surface area (Å²) >= 11 is 0. The van der Waals surface area contributed by atoms with Crippen molar-refractivity contribution in [2.75, 3.05) is 14.2 Å². The highest BCUT2D eigenvalue weighted by Crippen LogP contribution is 2.27. The number of aliphatic hydroxyl groups is 1. The van der Waals surface area contributed by atoms with Crippen molar-refractivity contribution in [1.29, 1.82) is 0 Å². The van der Waals surface area contributed by atoms with E-state index in [1.165, 1.54) is 7.11 Å². The van der Waals surface area contributed by atoms with E-state index in [0.29, 0.717) is 17.7 Å². The number of hydrogen-bond acceptors (Lipinski definition) is 4. The first-order valence-corrected chi connectivity index (χ1v) is 5.53. The van der Waals surface area contributed by atoms with Gasteiger partial charge in [-0.05, 0) is 24.1 Å². The van der Waals surface area contributed by atoms with E-state index < -0.39 is 18.0 Å². The second-order valence-corrected chi connectivity index (χ2v) is 3.76. The second-order valence-electron chi connectivity index (χ2n) is 3.76. The van der Waals surface area contributed by atoms with E-state index in [-0.39, 0.29) is 0 Å². The highest BCUT2D eigenvalue weighted by atomic mass is 16.5. The molecule has 0 spiro atoms. The Morgan fingerprint density at radius 3 is 2.29 bits per heavy atom. The van der Waals surface area contributed by atoms with Gasteiger partial charge < -0.3 is 14.6 Å². The Morgan fingerprint density at radius 1 is 1.29 bits per heavy atom. The lowest BCUT2D eigenvalue weighted by Gasteiger charge is -2.19. The fourth-order valence-electron chi connectivity index (χ4n) is 1.70. The average Bonchev–Trinajstić information content (AvgIpc) is 2.39. The predicted molar refractivity (Wildman–Crippen MR) is 63.8 cm³/mol. The number of methoxy groups -OCH3 is 2. The molecule has 17 heavy (non-hydrogen) atoms. The molecule has 1 aromatic rings. The Hall–Kier alpha value is -1.55. The van der Waals surface area contributed by atoms with E-state index in [0.717, 1.165) is 0 Å². The lowest BCUT2D eigenvalue weighted by Crippen LogP contribution is -2.22. The van der Waals surface area contributed by atoms with Crippen molar-refractivity contribution in [2.24, 2.45) is 5.92 Å². The van der Waals surface area contributed by atoms with Crippen molar-refractivity contribution >= 4 is 5.97 Å². The van der Waals surface area contributed by atoms with E-state index in [9.17, 15) is 9.90 Å². The molecule has 0 heterocycles. The van der Waals surface area contributed by atoms with Crippen molar-refractivity contribution in [3.8, 4) is 5.75 Å². The minimum Gasteiger partial charge on any atom is -0.497 e. The van der Waals surface area contributed by atoms with Crippen LogP contribution in [0, 0.1) is 5.92 Å². The Labute approximate surface area is 101 Å². The third kappa shape index (κ3) is 3.20. The molecule has 0 unspecified atom stereocenters. The zero-order chi connectivity index (χ0) is 12.8. The van der Waals surface area contributed by atoms with Crippen LogP contribution in [-0.2, 0) is 9.53 Å². The molecule has 0 amide bonds. The summed E-state index contributed by atoms with van der Waals surface area (Å²) < 4.78 is 9.70.